The van der Waals surface area contributed by atoms with Crippen molar-refractivity contribution in [3.05, 3.63) is 38.4 Å². The minimum Gasteiger partial charge on any atom is -0.374 e. The van der Waals surface area contributed by atoms with Crippen LogP contribution in [0.25, 0.3) is 0 Å². The van der Waals surface area contributed by atoms with Crippen LogP contribution < -0.4 is 5.73 Å². The molecule has 0 saturated heterocycles. The number of hydrogen-bond acceptors (Lipinski definition) is 9. The highest BCUT2D eigenvalue weighted by Crippen LogP contribution is 2.38. The van der Waals surface area contributed by atoms with Crippen LogP contribution in [0.15, 0.2) is 27.4 Å². The van der Waals surface area contributed by atoms with Crippen LogP contribution in [0.4, 0.5) is 16.5 Å². The highest BCUT2D eigenvalue weighted by Gasteiger charge is 2.21. The predicted octanol–water partition coefficient (Wildman–Crippen LogP) is 2.09. The molecular weight excluding hydrogens is 294 g/mol. The van der Waals surface area contributed by atoms with Gasteiger partial charge in [-0.05, 0) is 17.8 Å². The zero-order chi connectivity index (χ0) is 14.0. The molecule has 0 unspecified atom stereocenters. The van der Waals surface area contributed by atoms with E-state index in [1.54, 1.807) is 0 Å². The number of benzene rings is 1. The van der Waals surface area contributed by atoms with Gasteiger partial charge < -0.3 is 5.73 Å². The average molecular weight is 299 g/mol. The Morgan fingerprint density at radius 3 is 2.47 bits per heavy atom. The summed E-state index contributed by atoms with van der Waals surface area (Å²) < 4.78 is 0.425. The molecule has 0 saturated carbocycles. The SMILES string of the molecule is Nc1nnc(Sc2ccc([N+](=O)[O-])cc2[N+](=O)[O-])s1. The van der Waals surface area contributed by atoms with Crippen LogP contribution in [0.1, 0.15) is 0 Å². The molecule has 98 valence electrons. The molecule has 2 N–H and O–H groups in total. The van der Waals surface area contributed by atoms with Crippen molar-refractivity contribution in [2.24, 2.45) is 0 Å². The van der Waals surface area contributed by atoms with Crippen LogP contribution in [0.2, 0.25) is 0 Å². The quantitative estimate of drug-likeness (QED) is 0.668. The Morgan fingerprint density at radius 1 is 1.21 bits per heavy atom. The van der Waals surface area contributed by atoms with E-state index in [1.165, 1.54) is 12.1 Å². The lowest BCUT2D eigenvalue weighted by atomic mass is 10.3. The lowest BCUT2D eigenvalue weighted by molar-refractivity contribution is -0.396. The molecule has 0 amide bonds. The summed E-state index contributed by atoms with van der Waals surface area (Å²) in [6.07, 6.45) is 0. The fraction of sp³-hybridized carbons (Fsp3) is 0. The maximum Gasteiger partial charge on any atom is 0.290 e. The molecule has 0 aliphatic rings. The number of nitrogen functional groups attached to an aromatic ring is 1. The number of aromatic nitrogens is 2. The van der Waals surface area contributed by atoms with Crippen molar-refractivity contribution in [3.63, 3.8) is 0 Å². The van der Waals surface area contributed by atoms with Gasteiger partial charge in [0.1, 0.15) is 0 Å². The van der Waals surface area contributed by atoms with E-state index in [-0.39, 0.29) is 21.4 Å². The van der Waals surface area contributed by atoms with E-state index >= 15 is 0 Å². The highest BCUT2D eigenvalue weighted by atomic mass is 32.2. The number of hydrogen-bond donors (Lipinski definition) is 1. The van der Waals surface area contributed by atoms with E-state index in [0.29, 0.717) is 4.34 Å². The average Bonchev–Trinajstić information content (AvgIpc) is 2.74. The summed E-state index contributed by atoms with van der Waals surface area (Å²) in [5, 5.41) is 29.0. The maximum absolute atomic E-state index is 10.9. The minimum atomic E-state index is -0.690. The Bertz CT molecular complexity index is 658. The number of nitro groups is 2. The Morgan fingerprint density at radius 2 is 1.95 bits per heavy atom. The Balaban J connectivity index is 2.39. The van der Waals surface area contributed by atoms with Gasteiger partial charge in [0.05, 0.1) is 20.8 Å². The normalized spacial score (nSPS) is 10.3. The molecule has 9 nitrogen and oxygen atoms in total. The first-order valence-electron chi connectivity index (χ1n) is 4.67. The summed E-state index contributed by atoms with van der Waals surface area (Å²) in [5.74, 6) is 0. The van der Waals surface area contributed by atoms with Crippen molar-refractivity contribution in [2.75, 3.05) is 5.73 Å². The number of anilines is 1. The van der Waals surface area contributed by atoms with Crippen molar-refractivity contribution in [2.45, 2.75) is 9.24 Å². The Hall–Kier alpha value is -2.27. The number of nitrogens with two attached hydrogens (primary N) is 1. The lowest BCUT2D eigenvalue weighted by Crippen LogP contribution is -1.94. The van der Waals surface area contributed by atoms with Gasteiger partial charge in [-0.3, -0.25) is 20.2 Å². The van der Waals surface area contributed by atoms with E-state index in [4.69, 9.17) is 5.73 Å². The van der Waals surface area contributed by atoms with Crippen molar-refractivity contribution in [3.8, 4) is 0 Å². The van der Waals surface area contributed by atoms with Gasteiger partial charge in [-0.25, -0.2) is 0 Å². The second-order valence-corrected chi connectivity index (χ2v) is 5.47. The molecule has 0 radical (unpaired) electrons. The van der Waals surface area contributed by atoms with Gasteiger partial charge in [-0.2, -0.15) is 0 Å². The number of nitrogens with zero attached hydrogens (tertiary/aromatic N) is 4. The molecular formula is C8H5N5O4S2. The molecule has 19 heavy (non-hydrogen) atoms. The molecule has 1 aromatic carbocycles. The summed E-state index contributed by atoms with van der Waals surface area (Å²) >= 11 is 2.06. The van der Waals surface area contributed by atoms with Crippen molar-refractivity contribution in [1.29, 1.82) is 0 Å². The first kappa shape index (κ1) is 13.2. The molecule has 2 rings (SSSR count). The number of nitro benzene ring substituents is 2. The van der Waals surface area contributed by atoms with Gasteiger partial charge in [-0.15, -0.1) is 10.2 Å². The first-order chi connectivity index (χ1) is 8.97. The van der Waals surface area contributed by atoms with Gasteiger partial charge in [0.2, 0.25) is 5.13 Å². The molecule has 0 spiro atoms. The third kappa shape index (κ3) is 2.95. The van der Waals surface area contributed by atoms with E-state index in [1.807, 2.05) is 0 Å². The molecule has 2 aromatic rings. The molecule has 0 aliphatic heterocycles. The van der Waals surface area contributed by atoms with Gasteiger partial charge in [-0.1, -0.05) is 11.3 Å². The van der Waals surface area contributed by atoms with Gasteiger partial charge >= 0.3 is 0 Å². The molecule has 0 atom stereocenters. The van der Waals surface area contributed by atoms with Crippen molar-refractivity contribution < 1.29 is 9.85 Å². The van der Waals surface area contributed by atoms with Crippen LogP contribution in [0.3, 0.4) is 0 Å². The Kier molecular flexibility index (Phi) is 3.57. The van der Waals surface area contributed by atoms with Crippen molar-refractivity contribution >= 4 is 39.6 Å². The fourth-order valence-corrected chi connectivity index (χ4v) is 2.88. The lowest BCUT2D eigenvalue weighted by Gasteiger charge is -1.99. The van der Waals surface area contributed by atoms with E-state index in [2.05, 4.69) is 10.2 Å². The smallest absolute Gasteiger partial charge is 0.290 e. The zero-order valence-electron chi connectivity index (χ0n) is 9.05. The largest absolute Gasteiger partial charge is 0.374 e. The van der Waals surface area contributed by atoms with Crippen LogP contribution in [0, 0.1) is 20.2 Å². The Labute approximate surface area is 113 Å². The molecule has 0 bridgehead atoms. The van der Waals surface area contributed by atoms with Gasteiger partial charge in [0.25, 0.3) is 11.4 Å². The monoisotopic (exact) mass is 299 g/mol. The molecule has 0 fully saturated rings. The van der Waals surface area contributed by atoms with E-state index in [0.717, 1.165) is 29.2 Å². The predicted molar refractivity (Wildman–Crippen MR) is 68.2 cm³/mol. The third-order valence-electron chi connectivity index (χ3n) is 1.97. The van der Waals surface area contributed by atoms with E-state index < -0.39 is 9.85 Å². The van der Waals surface area contributed by atoms with Crippen LogP contribution >= 0.6 is 23.1 Å². The maximum atomic E-state index is 10.9. The standard InChI is InChI=1S/C8H5N5O4S2/c9-7-10-11-8(19-7)18-6-2-1-4(12(14)15)3-5(6)13(16)17/h1-3H,(H2,9,10). The number of rotatable bonds is 4. The van der Waals surface area contributed by atoms with Crippen LogP contribution in [-0.4, -0.2) is 20.0 Å². The van der Waals surface area contributed by atoms with Crippen LogP contribution in [0.5, 0.6) is 0 Å². The van der Waals surface area contributed by atoms with Crippen molar-refractivity contribution in [1.82, 2.24) is 10.2 Å². The topological polar surface area (TPSA) is 138 Å². The second-order valence-electron chi connectivity index (χ2n) is 3.17. The minimum absolute atomic E-state index is 0.242. The molecule has 11 heteroatoms. The summed E-state index contributed by atoms with van der Waals surface area (Å²) in [7, 11) is 0. The zero-order valence-corrected chi connectivity index (χ0v) is 10.7. The highest BCUT2D eigenvalue weighted by molar-refractivity contribution is 8.01. The summed E-state index contributed by atoms with van der Waals surface area (Å²) in [5.41, 5.74) is 4.71. The molecule has 1 aromatic heterocycles. The van der Waals surface area contributed by atoms with Gasteiger partial charge in [0.15, 0.2) is 4.34 Å². The molecule has 0 aliphatic carbocycles. The van der Waals surface area contributed by atoms with E-state index in [9.17, 15) is 20.2 Å². The summed E-state index contributed by atoms with van der Waals surface area (Å²) in [4.78, 5) is 20.4. The summed E-state index contributed by atoms with van der Waals surface area (Å²) in [6, 6.07) is 3.41. The summed E-state index contributed by atoms with van der Waals surface area (Å²) in [6.45, 7) is 0. The van der Waals surface area contributed by atoms with Gasteiger partial charge in [0, 0.05) is 6.07 Å². The third-order valence-corrected chi connectivity index (χ3v) is 3.84. The second kappa shape index (κ2) is 5.16. The van der Waals surface area contributed by atoms with Crippen LogP contribution in [-0.2, 0) is 0 Å². The fourth-order valence-electron chi connectivity index (χ4n) is 1.20. The first-order valence-corrected chi connectivity index (χ1v) is 6.30. The molecule has 1 heterocycles. The number of non-ortho nitro benzene ring substituents is 1.